The Labute approximate surface area is 158 Å². The van der Waals surface area contributed by atoms with Crippen LogP contribution in [0.15, 0.2) is 42.6 Å². The zero-order chi connectivity index (χ0) is 19.2. The first-order valence-corrected chi connectivity index (χ1v) is 8.95. The van der Waals surface area contributed by atoms with E-state index in [1.54, 1.807) is 36.5 Å². The zero-order valence-corrected chi connectivity index (χ0v) is 15.2. The minimum Gasteiger partial charge on any atom is -0.353 e. The first kappa shape index (κ1) is 18.8. The third-order valence-electron chi connectivity index (χ3n) is 4.86. The van der Waals surface area contributed by atoms with E-state index in [1.807, 2.05) is 6.92 Å². The van der Waals surface area contributed by atoms with E-state index in [0.29, 0.717) is 43.1 Å². The third kappa shape index (κ3) is 4.41. The molecule has 1 fully saturated rings. The van der Waals surface area contributed by atoms with Crippen LogP contribution >= 0.6 is 0 Å². The number of aromatic nitrogens is 1. The molecule has 1 N–H and O–H groups in total. The molecular weight excluding hydrogens is 345 g/mol. The monoisotopic (exact) mass is 367 g/mol. The van der Waals surface area contributed by atoms with Crippen molar-refractivity contribution in [2.24, 2.45) is 0 Å². The van der Waals surface area contributed by atoms with Crippen molar-refractivity contribution >= 4 is 11.7 Å². The van der Waals surface area contributed by atoms with Gasteiger partial charge in [-0.1, -0.05) is 18.2 Å². The number of rotatable bonds is 5. The number of hydrogen-bond donors (Lipinski definition) is 1. The molecule has 1 aliphatic rings. The van der Waals surface area contributed by atoms with Gasteiger partial charge < -0.3 is 10.2 Å². The highest BCUT2D eigenvalue weighted by Crippen LogP contribution is 2.19. The molecule has 27 heavy (non-hydrogen) atoms. The zero-order valence-electron chi connectivity index (χ0n) is 15.2. The van der Waals surface area contributed by atoms with Crippen LogP contribution in [0.3, 0.4) is 0 Å². The molecule has 3 rings (SSSR count). The van der Waals surface area contributed by atoms with Crippen molar-refractivity contribution in [2.75, 3.05) is 31.1 Å². The number of carbonyl (C=O) groups is 1. The summed E-state index contributed by atoms with van der Waals surface area (Å²) in [6, 6.07) is 11.8. The first-order chi connectivity index (χ1) is 13.1. The maximum atomic E-state index is 13.7. The Hall–Kier alpha value is -2.98. The van der Waals surface area contributed by atoms with Crippen molar-refractivity contribution in [1.29, 1.82) is 5.26 Å². The Morgan fingerprint density at radius 3 is 2.70 bits per heavy atom. The lowest BCUT2D eigenvalue weighted by Crippen LogP contribution is -2.54. The lowest BCUT2D eigenvalue weighted by Gasteiger charge is -2.38. The van der Waals surface area contributed by atoms with E-state index in [9.17, 15) is 14.4 Å². The molecule has 1 atom stereocenters. The topological polar surface area (TPSA) is 72.3 Å². The van der Waals surface area contributed by atoms with Crippen molar-refractivity contribution < 1.29 is 9.18 Å². The maximum Gasteiger partial charge on any atom is 0.237 e. The molecule has 0 aliphatic carbocycles. The molecule has 6 nitrogen and oxygen atoms in total. The van der Waals surface area contributed by atoms with Gasteiger partial charge in [0.15, 0.2) is 0 Å². The van der Waals surface area contributed by atoms with E-state index in [-0.39, 0.29) is 24.3 Å². The summed E-state index contributed by atoms with van der Waals surface area (Å²) in [5, 5.41) is 12.0. The highest BCUT2D eigenvalue weighted by atomic mass is 19.1. The number of amides is 1. The molecule has 2 aromatic rings. The predicted octanol–water partition coefficient (Wildman–Crippen LogP) is 1.92. The molecule has 0 spiro atoms. The number of nitriles is 1. The molecule has 1 aliphatic heterocycles. The van der Waals surface area contributed by atoms with Crippen LogP contribution in [0, 0.1) is 17.1 Å². The normalized spacial score (nSPS) is 15.8. The van der Waals surface area contributed by atoms with Crippen molar-refractivity contribution in [3.05, 3.63) is 59.5 Å². The van der Waals surface area contributed by atoms with E-state index in [0.717, 1.165) is 0 Å². The predicted molar refractivity (Wildman–Crippen MR) is 100 cm³/mol. The first-order valence-electron chi connectivity index (χ1n) is 8.95. The molecule has 1 aromatic heterocycles. The van der Waals surface area contributed by atoms with E-state index in [2.05, 4.69) is 26.2 Å². The Bertz CT molecular complexity index is 842. The third-order valence-corrected chi connectivity index (χ3v) is 4.86. The van der Waals surface area contributed by atoms with Crippen LogP contribution < -0.4 is 10.2 Å². The van der Waals surface area contributed by atoms with Gasteiger partial charge in [-0.2, -0.15) is 5.26 Å². The average molecular weight is 367 g/mol. The second-order valence-electron chi connectivity index (χ2n) is 6.49. The van der Waals surface area contributed by atoms with Gasteiger partial charge in [-0.15, -0.1) is 0 Å². The lowest BCUT2D eigenvalue weighted by molar-refractivity contribution is -0.126. The highest BCUT2D eigenvalue weighted by Gasteiger charge is 2.26. The minimum absolute atomic E-state index is 0.123. The van der Waals surface area contributed by atoms with Crippen LogP contribution in [0.4, 0.5) is 10.2 Å². The van der Waals surface area contributed by atoms with Crippen LogP contribution in [-0.2, 0) is 11.3 Å². The molecule has 1 aromatic carbocycles. The summed E-state index contributed by atoms with van der Waals surface area (Å²) >= 11 is 0. The molecule has 1 saturated heterocycles. The fraction of sp³-hybridized carbons (Fsp3) is 0.350. The molecular formula is C20H22FN5O. The molecule has 1 amide bonds. The fourth-order valence-corrected chi connectivity index (χ4v) is 3.19. The van der Waals surface area contributed by atoms with Crippen molar-refractivity contribution in [2.45, 2.75) is 19.5 Å². The van der Waals surface area contributed by atoms with E-state index < -0.39 is 0 Å². The van der Waals surface area contributed by atoms with Crippen molar-refractivity contribution in [3.8, 4) is 6.07 Å². The van der Waals surface area contributed by atoms with E-state index >= 15 is 0 Å². The molecule has 0 saturated carbocycles. The van der Waals surface area contributed by atoms with E-state index in [4.69, 9.17) is 0 Å². The number of nitrogens with zero attached hydrogens (tertiary/aromatic N) is 4. The number of pyridine rings is 1. The number of piperazine rings is 1. The summed E-state index contributed by atoms with van der Waals surface area (Å²) in [5.74, 6) is 0.251. The van der Waals surface area contributed by atoms with Gasteiger partial charge in [-0.25, -0.2) is 9.37 Å². The van der Waals surface area contributed by atoms with Crippen molar-refractivity contribution in [3.63, 3.8) is 0 Å². The molecule has 0 radical (unpaired) electrons. The summed E-state index contributed by atoms with van der Waals surface area (Å²) in [4.78, 5) is 20.9. The number of anilines is 1. The van der Waals surface area contributed by atoms with Gasteiger partial charge in [0.05, 0.1) is 11.6 Å². The van der Waals surface area contributed by atoms with Gasteiger partial charge in [0, 0.05) is 44.5 Å². The molecule has 140 valence electrons. The van der Waals surface area contributed by atoms with E-state index in [1.165, 1.54) is 6.07 Å². The standard InChI is InChI=1S/C20H22FN5O/c1-15(20(27)24-14-17-5-2-3-7-18(17)21)25-9-11-26(12-10-25)19-16(13-22)6-4-8-23-19/h2-8,15H,9-12,14H2,1H3,(H,24,27). The number of carbonyl (C=O) groups excluding carboxylic acids is 1. The SMILES string of the molecule is CC(C(=O)NCc1ccccc1F)N1CCN(c2ncccc2C#N)CC1. The minimum atomic E-state index is -0.317. The number of nitrogens with one attached hydrogen (secondary N) is 1. The van der Waals surface area contributed by atoms with Gasteiger partial charge in [-0.05, 0) is 25.1 Å². The summed E-state index contributed by atoms with van der Waals surface area (Å²) in [6.45, 7) is 4.79. The Balaban J connectivity index is 1.53. The molecule has 0 bridgehead atoms. The maximum absolute atomic E-state index is 13.7. The average Bonchev–Trinajstić information content (AvgIpc) is 2.72. The van der Waals surface area contributed by atoms with Gasteiger partial charge >= 0.3 is 0 Å². The molecule has 2 heterocycles. The second-order valence-corrected chi connectivity index (χ2v) is 6.49. The Morgan fingerprint density at radius 1 is 1.26 bits per heavy atom. The highest BCUT2D eigenvalue weighted by molar-refractivity contribution is 5.81. The quantitative estimate of drug-likeness (QED) is 0.874. The largest absolute Gasteiger partial charge is 0.353 e. The number of benzene rings is 1. The Kier molecular flexibility index (Phi) is 5.99. The fourth-order valence-electron chi connectivity index (χ4n) is 3.19. The van der Waals surface area contributed by atoms with Crippen LogP contribution in [0.2, 0.25) is 0 Å². The smallest absolute Gasteiger partial charge is 0.237 e. The van der Waals surface area contributed by atoms with Crippen LogP contribution in [0.1, 0.15) is 18.1 Å². The van der Waals surface area contributed by atoms with Crippen molar-refractivity contribution in [1.82, 2.24) is 15.2 Å². The van der Waals surface area contributed by atoms with Gasteiger partial charge in [-0.3, -0.25) is 9.69 Å². The van der Waals surface area contributed by atoms with Crippen LogP contribution in [-0.4, -0.2) is 48.0 Å². The lowest BCUT2D eigenvalue weighted by atomic mass is 10.1. The molecule has 1 unspecified atom stereocenters. The number of halogens is 1. The number of hydrogen-bond acceptors (Lipinski definition) is 5. The second kappa shape index (κ2) is 8.60. The van der Waals surface area contributed by atoms with Crippen LogP contribution in [0.5, 0.6) is 0 Å². The molecule has 7 heteroatoms. The Morgan fingerprint density at radius 2 is 2.00 bits per heavy atom. The van der Waals surface area contributed by atoms with Gasteiger partial charge in [0.2, 0.25) is 5.91 Å². The summed E-state index contributed by atoms with van der Waals surface area (Å²) in [6.07, 6.45) is 1.68. The summed E-state index contributed by atoms with van der Waals surface area (Å²) in [5.41, 5.74) is 1.03. The summed E-state index contributed by atoms with van der Waals surface area (Å²) in [7, 11) is 0. The summed E-state index contributed by atoms with van der Waals surface area (Å²) < 4.78 is 13.7. The van der Waals surface area contributed by atoms with Crippen LogP contribution in [0.25, 0.3) is 0 Å². The van der Waals surface area contributed by atoms with Gasteiger partial charge in [0.1, 0.15) is 17.7 Å². The van der Waals surface area contributed by atoms with Gasteiger partial charge in [0.25, 0.3) is 0 Å².